The Hall–Kier alpha value is -8.81. The van der Waals surface area contributed by atoms with Crippen LogP contribution in [-0.4, -0.2) is 148 Å². The van der Waals surface area contributed by atoms with E-state index in [1.54, 1.807) is 72.8 Å². The number of nitrogens with one attached hydrogen (secondary N) is 6. The summed E-state index contributed by atoms with van der Waals surface area (Å²) in [6.45, 7) is 3.81. The predicted octanol–water partition coefficient (Wildman–Crippen LogP) is -2.24. The highest BCUT2D eigenvalue weighted by Gasteiger charge is 2.40. The van der Waals surface area contributed by atoms with Crippen LogP contribution >= 0.6 is 0 Å². The molecule has 1 fully saturated rings. The van der Waals surface area contributed by atoms with Crippen molar-refractivity contribution in [3.8, 4) is 5.75 Å². The summed E-state index contributed by atoms with van der Waals surface area (Å²) in [5.74, 6) is -8.44. The number of likely N-dealkylation sites (tertiary alicyclic amines) is 1. The Labute approximate surface area is 464 Å². The van der Waals surface area contributed by atoms with Crippen LogP contribution in [0.5, 0.6) is 5.75 Å². The van der Waals surface area contributed by atoms with Crippen molar-refractivity contribution in [2.75, 3.05) is 19.6 Å². The second-order valence-corrected chi connectivity index (χ2v) is 19.9. The zero-order chi connectivity index (χ0) is 58.9. The zero-order valence-corrected chi connectivity index (χ0v) is 45.1. The van der Waals surface area contributed by atoms with Gasteiger partial charge in [0.15, 0.2) is 11.9 Å². The summed E-state index contributed by atoms with van der Waals surface area (Å²) < 4.78 is 0. The molecule has 0 spiro atoms. The lowest BCUT2D eigenvalue weighted by Gasteiger charge is -2.31. The minimum absolute atomic E-state index is 0.0275. The number of benzene rings is 3. The number of carboxylic acids is 1. The highest BCUT2D eigenvalue weighted by molar-refractivity contribution is 5.98. The number of aliphatic imine (C=N–C) groups is 2. The first kappa shape index (κ1) is 63.7. The molecular formula is C54H77N15O11. The summed E-state index contributed by atoms with van der Waals surface area (Å²) in [4.78, 5) is 132. The van der Waals surface area contributed by atoms with Crippen molar-refractivity contribution in [1.29, 1.82) is 0 Å². The summed E-state index contributed by atoms with van der Waals surface area (Å²) >= 11 is 0. The molecule has 26 nitrogen and oxygen atoms in total. The molecule has 3 aromatic rings. The molecule has 0 aromatic heterocycles. The van der Waals surface area contributed by atoms with E-state index in [0.717, 1.165) is 0 Å². The molecule has 0 unspecified atom stereocenters. The average molecular weight is 1110 g/mol. The van der Waals surface area contributed by atoms with Crippen molar-refractivity contribution in [3.05, 3.63) is 102 Å². The fourth-order valence-electron chi connectivity index (χ4n) is 8.87. The number of nitrogens with two attached hydrogens (primary N) is 6. The van der Waals surface area contributed by atoms with Gasteiger partial charge < -0.3 is 81.4 Å². The fourth-order valence-corrected chi connectivity index (χ4v) is 8.87. The van der Waals surface area contributed by atoms with Crippen LogP contribution in [0.2, 0.25) is 0 Å². The van der Waals surface area contributed by atoms with Gasteiger partial charge in [0.1, 0.15) is 48.0 Å². The SMILES string of the molecule is CC(C)C[C@H](NC(=O)[C@H](Cc1ccccc1)NC(=O)[C@@H](N)Cc1ccc(O)cc1)C(=O)N[C@@H](Cc1ccccc1)C(=O)N[C@@H](CCCN=C(N)N)C(=O)N1CCC[C@H]1C(=O)N[C@@H](CCCN=C(N)N)C(=O)N[C@@H](CC(N)=O)C(=O)O. The van der Waals surface area contributed by atoms with Crippen molar-refractivity contribution in [1.82, 2.24) is 36.8 Å². The summed E-state index contributed by atoms with van der Waals surface area (Å²) in [5.41, 5.74) is 35.6. The minimum Gasteiger partial charge on any atom is -0.508 e. The van der Waals surface area contributed by atoms with Crippen LogP contribution in [0.25, 0.3) is 0 Å². The van der Waals surface area contributed by atoms with Gasteiger partial charge in [0, 0.05) is 32.5 Å². The maximum atomic E-state index is 14.7. The van der Waals surface area contributed by atoms with E-state index in [0.29, 0.717) is 23.1 Å². The average Bonchev–Trinajstić information content (AvgIpc) is 3.91. The van der Waals surface area contributed by atoms with Crippen LogP contribution in [0.15, 0.2) is 94.9 Å². The lowest BCUT2D eigenvalue weighted by Crippen LogP contribution is -2.60. The summed E-state index contributed by atoms with van der Waals surface area (Å²) in [6, 6.07) is 13.3. The fraction of sp³-hybridized carbons (Fsp3) is 0.463. The predicted molar refractivity (Wildman–Crippen MR) is 297 cm³/mol. The standard InChI is InChI=1S/C54H77N15O11/c1-31(2)26-39(66-49(76)40(28-32-12-5-3-6-13-32)65-45(72)36(55)27-34-19-21-35(70)22-20-34)47(74)67-41(29-33-14-7-4-8-15-33)48(75)64-38(17-10-24-62-54(59)60)51(78)69-25-11-18-43(69)50(77)63-37(16-9-23-61-53(57)58)46(73)68-42(52(79)80)30-44(56)71/h3-8,12-15,19-22,31,36-43,70H,9-11,16-18,23-30,55H2,1-2H3,(H2,56,71)(H,63,77)(H,64,75)(H,65,72)(H,66,76)(H,67,74)(H,68,73)(H,79,80)(H4,57,58,61)(H4,59,60,62)/t36-,37-,38-,39-,40-,41-,42-,43-/m0/s1. The Bertz CT molecular complexity index is 2630. The molecule has 26 heteroatoms. The molecule has 0 saturated carbocycles. The first-order valence-corrected chi connectivity index (χ1v) is 26.4. The van der Waals surface area contributed by atoms with E-state index in [-0.39, 0.29) is 101 Å². The number of rotatable bonds is 32. The van der Waals surface area contributed by atoms with E-state index >= 15 is 0 Å². The number of aromatic hydroxyl groups is 1. The molecule has 8 amide bonds. The van der Waals surface area contributed by atoms with E-state index < -0.39 is 108 Å². The maximum absolute atomic E-state index is 14.7. The lowest BCUT2D eigenvalue weighted by atomic mass is 9.99. The molecule has 0 aliphatic carbocycles. The van der Waals surface area contributed by atoms with Gasteiger partial charge >= 0.3 is 5.97 Å². The second kappa shape index (κ2) is 32.2. The zero-order valence-electron chi connectivity index (χ0n) is 45.1. The number of primary amides is 1. The number of carbonyl (C=O) groups excluding carboxylic acids is 8. The molecule has 4 rings (SSSR count). The van der Waals surface area contributed by atoms with Crippen LogP contribution in [0, 0.1) is 5.92 Å². The lowest BCUT2D eigenvalue weighted by molar-refractivity contribution is -0.144. The number of hydrogen-bond acceptors (Lipinski definition) is 13. The van der Waals surface area contributed by atoms with Gasteiger partial charge in [-0.2, -0.15) is 0 Å². The number of phenolic OH excluding ortho intramolecular Hbond substituents is 1. The first-order valence-electron chi connectivity index (χ1n) is 26.4. The molecule has 0 bridgehead atoms. The minimum atomic E-state index is -1.72. The first-order chi connectivity index (χ1) is 38.0. The number of guanidine groups is 2. The third-order valence-corrected chi connectivity index (χ3v) is 12.9. The number of aliphatic carboxylic acids is 1. The number of nitrogens with zero attached hydrogens (tertiary/aromatic N) is 3. The van der Waals surface area contributed by atoms with Crippen molar-refractivity contribution < 1.29 is 53.4 Å². The van der Waals surface area contributed by atoms with Gasteiger partial charge in [0.2, 0.25) is 47.3 Å². The Morgan fingerprint density at radius 3 is 1.52 bits per heavy atom. The molecule has 1 heterocycles. The maximum Gasteiger partial charge on any atom is 0.326 e. The van der Waals surface area contributed by atoms with Gasteiger partial charge in [0.25, 0.3) is 0 Å². The normalized spacial score (nSPS) is 15.5. The summed E-state index contributed by atoms with van der Waals surface area (Å²) in [5, 5.41) is 35.4. The largest absolute Gasteiger partial charge is 0.508 e. The van der Waals surface area contributed by atoms with Crippen LogP contribution in [0.4, 0.5) is 0 Å². The second-order valence-electron chi connectivity index (χ2n) is 19.9. The highest BCUT2D eigenvalue weighted by Crippen LogP contribution is 2.21. The molecule has 8 atom stereocenters. The van der Waals surface area contributed by atoms with Gasteiger partial charge in [-0.05, 0) is 86.1 Å². The number of carboxylic acid groups (broad SMARTS) is 1. The molecule has 0 radical (unpaired) electrons. The van der Waals surface area contributed by atoms with Crippen LogP contribution in [0.1, 0.15) is 81.9 Å². The molecule has 434 valence electrons. The van der Waals surface area contributed by atoms with Gasteiger partial charge in [-0.25, -0.2) is 4.79 Å². The molecule has 20 N–H and O–H groups in total. The van der Waals surface area contributed by atoms with Crippen molar-refractivity contribution >= 4 is 65.1 Å². The molecule has 3 aromatic carbocycles. The smallest absolute Gasteiger partial charge is 0.326 e. The van der Waals surface area contributed by atoms with Crippen LogP contribution < -0.4 is 66.3 Å². The topological polar surface area (TPSA) is 450 Å². The monoisotopic (exact) mass is 1110 g/mol. The molecule has 1 saturated heterocycles. The van der Waals surface area contributed by atoms with Gasteiger partial charge in [-0.1, -0.05) is 86.6 Å². The van der Waals surface area contributed by atoms with E-state index in [2.05, 4.69) is 41.9 Å². The van der Waals surface area contributed by atoms with E-state index in [1.807, 2.05) is 13.8 Å². The third-order valence-electron chi connectivity index (χ3n) is 12.9. The molecule has 80 heavy (non-hydrogen) atoms. The Morgan fingerprint density at radius 2 is 1.02 bits per heavy atom. The van der Waals surface area contributed by atoms with Crippen molar-refractivity contribution in [3.63, 3.8) is 0 Å². The third kappa shape index (κ3) is 21.9. The highest BCUT2D eigenvalue weighted by atomic mass is 16.4. The number of hydrogen-bond donors (Lipinski definition) is 14. The number of phenols is 1. The van der Waals surface area contributed by atoms with E-state index in [1.165, 1.54) is 17.0 Å². The Balaban J connectivity index is 1.61. The van der Waals surface area contributed by atoms with E-state index in [9.17, 15) is 53.4 Å². The summed E-state index contributed by atoms with van der Waals surface area (Å²) in [6.07, 6.45) is 0.0138. The molecule has 1 aliphatic heterocycles. The quantitative estimate of drug-likeness (QED) is 0.0179. The van der Waals surface area contributed by atoms with Crippen molar-refractivity contribution in [2.45, 2.75) is 133 Å². The Morgan fingerprint density at radius 1 is 0.575 bits per heavy atom. The molecule has 1 aliphatic rings. The molecular weight excluding hydrogens is 1030 g/mol. The number of amides is 8. The summed E-state index contributed by atoms with van der Waals surface area (Å²) in [7, 11) is 0. The van der Waals surface area contributed by atoms with E-state index in [4.69, 9.17) is 34.4 Å². The number of carbonyl (C=O) groups is 9. The van der Waals surface area contributed by atoms with Crippen LogP contribution in [0.3, 0.4) is 0 Å². The van der Waals surface area contributed by atoms with Crippen LogP contribution in [-0.2, 0) is 62.4 Å². The Kier molecular flexibility index (Phi) is 25.6. The van der Waals surface area contributed by atoms with Gasteiger partial charge in [-0.3, -0.25) is 48.3 Å². The van der Waals surface area contributed by atoms with Gasteiger partial charge in [-0.15, -0.1) is 0 Å². The van der Waals surface area contributed by atoms with Crippen molar-refractivity contribution in [2.24, 2.45) is 50.3 Å². The van der Waals surface area contributed by atoms with Gasteiger partial charge in [0.05, 0.1) is 12.5 Å².